The van der Waals surface area contributed by atoms with Crippen LogP contribution in [0.4, 0.5) is 13.2 Å². The van der Waals surface area contributed by atoms with Crippen LogP contribution in [0.3, 0.4) is 0 Å². The number of rotatable bonds is 4. The summed E-state index contributed by atoms with van der Waals surface area (Å²) < 4.78 is 47.3. The van der Waals surface area contributed by atoms with E-state index >= 15 is 0 Å². The van der Waals surface area contributed by atoms with E-state index in [0.29, 0.717) is 11.3 Å². The molecule has 0 aliphatic heterocycles. The third-order valence-corrected chi connectivity index (χ3v) is 3.02. The van der Waals surface area contributed by atoms with Gasteiger partial charge in [0.25, 0.3) is 0 Å². The molecular formula is C15H13F3N2O3. The molecule has 0 N–H and O–H groups in total. The van der Waals surface area contributed by atoms with Gasteiger partial charge in [-0.2, -0.15) is 13.2 Å². The van der Waals surface area contributed by atoms with E-state index in [1.165, 1.54) is 32.5 Å². The molecule has 1 aromatic carbocycles. The summed E-state index contributed by atoms with van der Waals surface area (Å²) in [6.45, 7) is 0.0423. The predicted molar refractivity (Wildman–Crippen MR) is 74.5 cm³/mol. The van der Waals surface area contributed by atoms with Crippen LogP contribution >= 0.6 is 0 Å². The number of ether oxygens (including phenoxy) is 2. The van der Waals surface area contributed by atoms with Crippen molar-refractivity contribution in [3.05, 3.63) is 47.3 Å². The van der Waals surface area contributed by atoms with E-state index in [0.717, 1.165) is 12.1 Å². The molecule has 0 saturated carbocycles. The number of benzene rings is 1. The molecule has 23 heavy (non-hydrogen) atoms. The molecule has 1 aromatic heterocycles. The second-order valence-electron chi connectivity index (χ2n) is 4.55. The Morgan fingerprint density at radius 1 is 1.17 bits per heavy atom. The third kappa shape index (κ3) is 3.84. The van der Waals surface area contributed by atoms with E-state index in [1.54, 1.807) is 0 Å². The lowest BCUT2D eigenvalue weighted by molar-refractivity contribution is -0.137. The second-order valence-corrected chi connectivity index (χ2v) is 4.55. The van der Waals surface area contributed by atoms with Gasteiger partial charge in [-0.25, -0.2) is 14.8 Å². The Labute approximate surface area is 130 Å². The number of halogens is 3. The van der Waals surface area contributed by atoms with Crippen LogP contribution in [0.25, 0.3) is 11.4 Å². The normalized spacial score (nSPS) is 11.3. The Balaban J connectivity index is 2.40. The summed E-state index contributed by atoms with van der Waals surface area (Å²) in [7, 11) is 2.66. The van der Waals surface area contributed by atoms with Crippen molar-refractivity contribution in [2.24, 2.45) is 0 Å². The first-order valence-electron chi connectivity index (χ1n) is 6.47. The van der Waals surface area contributed by atoms with E-state index < -0.39 is 17.7 Å². The van der Waals surface area contributed by atoms with E-state index in [1.807, 2.05) is 0 Å². The number of hydrogen-bond donors (Lipinski definition) is 0. The molecule has 8 heteroatoms. The summed E-state index contributed by atoms with van der Waals surface area (Å²) in [6.07, 6.45) is -3.14. The average molecular weight is 326 g/mol. The van der Waals surface area contributed by atoms with Gasteiger partial charge in [0.15, 0.2) is 5.82 Å². The molecule has 0 radical (unpaired) electrons. The number of esters is 1. The van der Waals surface area contributed by atoms with Crippen molar-refractivity contribution in [1.29, 1.82) is 0 Å². The van der Waals surface area contributed by atoms with Crippen LogP contribution in [0.1, 0.15) is 21.6 Å². The molecule has 0 unspecified atom stereocenters. The first-order valence-corrected chi connectivity index (χ1v) is 6.47. The summed E-state index contributed by atoms with van der Waals surface area (Å²) in [5.41, 5.74) is 0.0746. The van der Waals surface area contributed by atoms with Crippen LogP contribution in [0, 0.1) is 0 Å². The molecule has 0 amide bonds. The van der Waals surface area contributed by atoms with Crippen molar-refractivity contribution in [2.45, 2.75) is 12.8 Å². The number of carbonyl (C=O) groups is 1. The Hall–Kier alpha value is -2.48. The van der Waals surface area contributed by atoms with Crippen LogP contribution in [0.2, 0.25) is 0 Å². The predicted octanol–water partition coefficient (Wildman–Crippen LogP) is 3.10. The van der Waals surface area contributed by atoms with Gasteiger partial charge in [0.05, 0.1) is 25.0 Å². The average Bonchev–Trinajstić information content (AvgIpc) is 2.54. The topological polar surface area (TPSA) is 61.3 Å². The van der Waals surface area contributed by atoms with Gasteiger partial charge in [0.2, 0.25) is 0 Å². The highest BCUT2D eigenvalue weighted by atomic mass is 19.4. The van der Waals surface area contributed by atoms with Gasteiger partial charge in [-0.15, -0.1) is 0 Å². The summed E-state index contributed by atoms with van der Waals surface area (Å²) in [4.78, 5) is 19.8. The summed E-state index contributed by atoms with van der Waals surface area (Å²) in [6, 6.07) is 4.44. The highest BCUT2D eigenvalue weighted by Gasteiger charge is 2.30. The minimum atomic E-state index is -4.41. The number of aromatic nitrogens is 2. The van der Waals surface area contributed by atoms with Crippen molar-refractivity contribution in [2.75, 3.05) is 14.2 Å². The summed E-state index contributed by atoms with van der Waals surface area (Å²) in [5, 5.41) is 0. The zero-order valence-electron chi connectivity index (χ0n) is 12.3. The summed E-state index contributed by atoms with van der Waals surface area (Å²) >= 11 is 0. The fourth-order valence-electron chi connectivity index (χ4n) is 1.89. The monoisotopic (exact) mass is 326 g/mol. The lowest BCUT2D eigenvalue weighted by Gasteiger charge is -2.09. The number of alkyl halides is 3. The van der Waals surface area contributed by atoms with Gasteiger partial charge in [0, 0.05) is 18.9 Å². The van der Waals surface area contributed by atoms with Gasteiger partial charge in [-0.1, -0.05) is 12.1 Å². The van der Waals surface area contributed by atoms with Gasteiger partial charge in [-0.3, -0.25) is 0 Å². The van der Waals surface area contributed by atoms with Crippen molar-refractivity contribution in [3.8, 4) is 11.4 Å². The molecule has 122 valence electrons. The van der Waals surface area contributed by atoms with Crippen molar-refractivity contribution >= 4 is 5.97 Å². The number of carbonyl (C=O) groups excluding carboxylic acids is 1. The molecule has 1 heterocycles. The van der Waals surface area contributed by atoms with Crippen LogP contribution < -0.4 is 0 Å². The van der Waals surface area contributed by atoms with Gasteiger partial charge in [0.1, 0.15) is 5.56 Å². The number of methoxy groups -OCH3 is 2. The van der Waals surface area contributed by atoms with Crippen LogP contribution in [0.5, 0.6) is 0 Å². The van der Waals surface area contributed by atoms with Gasteiger partial charge in [-0.05, 0) is 12.1 Å². The SMILES string of the molecule is COCc1nc(-c2ccc(C(F)(F)F)cc2)ncc1C(=O)OC. The molecule has 0 atom stereocenters. The number of nitrogens with zero attached hydrogens (tertiary/aromatic N) is 2. The maximum Gasteiger partial charge on any atom is 0.416 e. The molecule has 2 rings (SSSR count). The third-order valence-electron chi connectivity index (χ3n) is 3.02. The number of hydrogen-bond acceptors (Lipinski definition) is 5. The van der Waals surface area contributed by atoms with E-state index in [9.17, 15) is 18.0 Å². The van der Waals surface area contributed by atoms with Crippen LogP contribution in [0.15, 0.2) is 30.5 Å². The minimum Gasteiger partial charge on any atom is -0.465 e. The molecule has 5 nitrogen and oxygen atoms in total. The van der Waals surface area contributed by atoms with Crippen molar-refractivity contribution in [1.82, 2.24) is 9.97 Å². The Morgan fingerprint density at radius 2 is 1.83 bits per heavy atom. The van der Waals surface area contributed by atoms with Crippen molar-refractivity contribution in [3.63, 3.8) is 0 Å². The molecule has 0 saturated heterocycles. The molecule has 0 fully saturated rings. The fraction of sp³-hybridized carbons (Fsp3) is 0.267. The molecule has 0 spiro atoms. The first-order chi connectivity index (χ1) is 10.9. The van der Waals surface area contributed by atoms with E-state index in [4.69, 9.17) is 4.74 Å². The Bertz CT molecular complexity index is 700. The van der Waals surface area contributed by atoms with Crippen molar-refractivity contribution < 1.29 is 27.4 Å². The first kappa shape index (κ1) is 16.9. The van der Waals surface area contributed by atoms with E-state index in [-0.39, 0.29) is 18.0 Å². The second kappa shape index (κ2) is 6.74. The lowest BCUT2D eigenvalue weighted by Crippen LogP contribution is -2.10. The molecular weight excluding hydrogens is 313 g/mol. The standard InChI is InChI=1S/C15H13F3N2O3/c1-22-8-12-11(14(21)23-2)7-19-13(20-12)9-3-5-10(6-4-9)15(16,17)18/h3-7H,8H2,1-2H3. The summed E-state index contributed by atoms with van der Waals surface area (Å²) in [5.74, 6) is -0.422. The maximum atomic E-state index is 12.6. The zero-order chi connectivity index (χ0) is 17.0. The zero-order valence-corrected chi connectivity index (χ0v) is 12.3. The molecule has 0 aliphatic rings. The Morgan fingerprint density at radius 3 is 2.35 bits per heavy atom. The molecule has 0 aliphatic carbocycles. The van der Waals surface area contributed by atoms with Crippen LogP contribution in [-0.2, 0) is 22.3 Å². The Kier molecular flexibility index (Phi) is 4.95. The quantitative estimate of drug-likeness (QED) is 0.808. The van der Waals surface area contributed by atoms with E-state index in [2.05, 4.69) is 14.7 Å². The minimum absolute atomic E-state index is 0.0423. The highest BCUT2D eigenvalue weighted by Crippen LogP contribution is 2.30. The fourth-order valence-corrected chi connectivity index (χ4v) is 1.89. The molecule has 2 aromatic rings. The van der Waals surface area contributed by atoms with Gasteiger partial charge < -0.3 is 9.47 Å². The largest absolute Gasteiger partial charge is 0.465 e. The maximum absolute atomic E-state index is 12.6. The van der Waals surface area contributed by atoms with Crippen LogP contribution in [-0.4, -0.2) is 30.2 Å². The molecule has 0 bridgehead atoms. The lowest BCUT2D eigenvalue weighted by atomic mass is 10.1. The smallest absolute Gasteiger partial charge is 0.416 e. The van der Waals surface area contributed by atoms with Gasteiger partial charge >= 0.3 is 12.1 Å². The highest BCUT2D eigenvalue weighted by molar-refractivity contribution is 5.90.